The Bertz CT molecular complexity index is 1590. The number of aryl methyl sites for hydroxylation is 1. The minimum atomic E-state index is -4.02. The van der Waals surface area contributed by atoms with Gasteiger partial charge < -0.3 is 15.3 Å². The first kappa shape index (κ1) is 28.4. The maximum absolute atomic E-state index is 10.5. The molecule has 38 heavy (non-hydrogen) atoms. The minimum absolute atomic E-state index is 0.0666. The van der Waals surface area contributed by atoms with Crippen LogP contribution in [0.5, 0.6) is 0 Å². The molecule has 4 aromatic carbocycles. The molecule has 0 spiro atoms. The van der Waals surface area contributed by atoms with Gasteiger partial charge in [0.1, 0.15) is 5.58 Å². The third kappa shape index (κ3) is 7.42. The Hall–Kier alpha value is -4.18. The number of fused-ring (bicyclic) bond motifs is 2. The molecule has 0 aliphatic heterocycles. The van der Waals surface area contributed by atoms with Gasteiger partial charge in [0, 0.05) is 30.5 Å². The summed E-state index contributed by atoms with van der Waals surface area (Å²) in [5, 5.41) is 10.8. The molecule has 0 amide bonds. The van der Waals surface area contributed by atoms with Crippen LogP contribution in [-0.4, -0.2) is 37.7 Å². The number of para-hydroxylation sites is 1. The lowest BCUT2D eigenvalue weighted by Crippen LogP contribution is -2.33. The molecule has 9 heteroatoms. The van der Waals surface area contributed by atoms with Crippen LogP contribution in [0, 0.1) is 6.92 Å². The fraction of sp³-hybridized carbons (Fsp3) is 0.138. The standard InChI is InChI=1S/C20H17N3O.C7H8O3S.C2H6O/c1-23(19-13-15-8-3-5-12-18(15)24-19)20(21)22-17-11-6-9-14-7-2-4-10-16(14)17;1-6-2-4-7(5-3-6)11(8,9)10;1-2-3/h2-13H,1H3,(H2,21,22);2-5H,1H3,(H,8,9,10);3H,2H2,1H3. The number of aliphatic hydroxyl groups excluding tert-OH is 1. The summed E-state index contributed by atoms with van der Waals surface area (Å²) >= 11 is 0. The van der Waals surface area contributed by atoms with E-state index in [-0.39, 0.29) is 11.5 Å². The first-order chi connectivity index (χ1) is 18.1. The predicted molar refractivity (Wildman–Crippen MR) is 154 cm³/mol. The van der Waals surface area contributed by atoms with E-state index in [1.54, 1.807) is 24.0 Å². The molecule has 0 saturated heterocycles. The molecule has 0 saturated carbocycles. The maximum Gasteiger partial charge on any atom is 0.294 e. The van der Waals surface area contributed by atoms with E-state index in [0.29, 0.717) is 11.8 Å². The Labute approximate surface area is 222 Å². The highest BCUT2D eigenvalue weighted by molar-refractivity contribution is 7.85. The second-order valence-corrected chi connectivity index (χ2v) is 9.68. The number of furan rings is 1. The van der Waals surface area contributed by atoms with Crippen LogP contribution < -0.4 is 10.6 Å². The van der Waals surface area contributed by atoms with Crippen molar-refractivity contribution in [2.75, 3.05) is 18.6 Å². The monoisotopic (exact) mass is 533 g/mol. The van der Waals surface area contributed by atoms with Crippen LogP contribution in [0.2, 0.25) is 0 Å². The molecule has 0 unspecified atom stereocenters. The van der Waals surface area contributed by atoms with Crippen molar-refractivity contribution in [2.24, 2.45) is 10.7 Å². The van der Waals surface area contributed by atoms with Crippen molar-refractivity contribution in [2.45, 2.75) is 18.7 Å². The van der Waals surface area contributed by atoms with Gasteiger partial charge in [-0.3, -0.25) is 9.45 Å². The van der Waals surface area contributed by atoms with Gasteiger partial charge in [0.15, 0.2) is 0 Å². The van der Waals surface area contributed by atoms with E-state index in [4.69, 9.17) is 19.8 Å². The second kappa shape index (κ2) is 12.9. The Morgan fingerprint density at radius 2 is 1.50 bits per heavy atom. The van der Waals surface area contributed by atoms with Crippen molar-refractivity contribution in [1.29, 1.82) is 0 Å². The molecule has 1 heterocycles. The average molecular weight is 534 g/mol. The second-order valence-electron chi connectivity index (χ2n) is 8.25. The van der Waals surface area contributed by atoms with Gasteiger partial charge in [0.05, 0.1) is 10.6 Å². The maximum atomic E-state index is 10.5. The fourth-order valence-corrected chi connectivity index (χ4v) is 3.94. The van der Waals surface area contributed by atoms with Crippen LogP contribution in [0.1, 0.15) is 12.5 Å². The fourth-order valence-electron chi connectivity index (χ4n) is 3.46. The van der Waals surface area contributed by atoms with Crippen LogP contribution in [0.25, 0.3) is 21.7 Å². The number of aliphatic hydroxyl groups is 1. The third-order valence-electron chi connectivity index (χ3n) is 5.41. The number of rotatable bonds is 3. The molecular formula is C29H31N3O5S. The van der Waals surface area contributed by atoms with E-state index in [1.807, 2.05) is 74.6 Å². The van der Waals surface area contributed by atoms with Gasteiger partial charge in [-0.05, 0) is 43.5 Å². The zero-order valence-corrected chi connectivity index (χ0v) is 22.3. The Morgan fingerprint density at radius 1 is 0.921 bits per heavy atom. The number of hydrogen-bond acceptors (Lipinski definition) is 5. The van der Waals surface area contributed by atoms with Crippen molar-refractivity contribution in [3.63, 3.8) is 0 Å². The van der Waals surface area contributed by atoms with Crippen molar-refractivity contribution < 1.29 is 22.5 Å². The zero-order chi connectivity index (χ0) is 27.7. The van der Waals surface area contributed by atoms with Crippen LogP contribution in [-0.2, 0) is 10.1 Å². The van der Waals surface area contributed by atoms with E-state index in [0.717, 1.165) is 33.0 Å². The molecule has 5 rings (SSSR count). The predicted octanol–water partition coefficient (Wildman–Crippen LogP) is 5.91. The topological polar surface area (TPSA) is 129 Å². The quantitative estimate of drug-likeness (QED) is 0.149. The smallest absolute Gasteiger partial charge is 0.294 e. The van der Waals surface area contributed by atoms with E-state index < -0.39 is 10.1 Å². The van der Waals surface area contributed by atoms with Gasteiger partial charge in [0.2, 0.25) is 11.8 Å². The Kier molecular flexibility index (Phi) is 9.61. The molecule has 1 aromatic heterocycles. The van der Waals surface area contributed by atoms with Gasteiger partial charge >= 0.3 is 0 Å². The Balaban J connectivity index is 0.000000239. The van der Waals surface area contributed by atoms with Crippen LogP contribution >= 0.6 is 0 Å². The van der Waals surface area contributed by atoms with Gasteiger partial charge in [-0.15, -0.1) is 0 Å². The highest BCUT2D eigenvalue weighted by Crippen LogP contribution is 2.28. The largest absolute Gasteiger partial charge is 0.440 e. The molecule has 0 bridgehead atoms. The van der Waals surface area contributed by atoms with Crippen LogP contribution in [0.3, 0.4) is 0 Å². The van der Waals surface area contributed by atoms with Crippen LogP contribution in [0.15, 0.2) is 111 Å². The lowest BCUT2D eigenvalue weighted by Gasteiger charge is -2.14. The van der Waals surface area contributed by atoms with Crippen molar-refractivity contribution in [3.8, 4) is 0 Å². The molecule has 0 radical (unpaired) electrons. The van der Waals surface area contributed by atoms with Crippen LogP contribution in [0.4, 0.5) is 11.6 Å². The number of nitrogens with zero attached hydrogens (tertiary/aromatic N) is 2. The molecule has 0 aliphatic carbocycles. The molecule has 0 fully saturated rings. The van der Waals surface area contributed by atoms with Gasteiger partial charge in [-0.25, -0.2) is 4.99 Å². The molecule has 5 aromatic rings. The number of hydrogen-bond donors (Lipinski definition) is 3. The summed E-state index contributed by atoms with van der Waals surface area (Å²) in [7, 11) is -2.17. The summed E-state index contributed by atoms with van der Waals surface area (Å²) in [5.41, 5.74) is 8.84. The molecule has 0 aliphatic rings. The van der Waals surface area contributed by atoms with Gasteiger partial charge in [0.25, 0.3) is 10.1 Å². The normalized spacial score (nSPS) is 11.3. The molecular weight excluding hydrogens is 502 g/mol. The first-order valence-electron chi connectivity index (χ1n) is 11.8. The summed E-state index contributed by atoms with van der Waals surface area (Å²) < 4.78 is 35.4. The van der Waals surface area contributed by atoms with E-state index in [1.165, 1.54) is 12.1 Å². The highest BCUT2D eigenvalue weighted by atomic mass is 32.2. The highest BCUT2D eigenvalue weighted by Gasteiger charge is 2.12. The number of anilines is 1. The minimum Gasteiger partial charge on any atom is -0.440 e. The van der Waals surface area contributed by atoms with E-state index >= 15 is 0 Å². The average Bonchev–Trinajstić information content (AvgIpc) is 3.33. The summed E-state index contributed by atoms with van der Waals surface area (Å²) in [6.45, 7) is 3.77. The summed E-state index contributed by atoms with van der Waals surface area (Å²) in [4.78, 5) is 6.28. The molecule has 198 valence electrons. The SMILES string of the molecule is CCO.CN(C(N)=Nc1cccc2ccccc12)c1cc2ccccc2o1.Cc1ccc(S(=O)(=O)O)cc1. The van der Waals surface area contributed by atoms with Crippen molar-refractivity contribution in [3.05, 3.63) is 103 Å². The summed E-state index contributed by atoms with van der Waals surface area (Å²) in [6, 6.07) is 29.9. The van der Waals surface area contributed by atoms with E-state index in [2.05, 4.69) is 17.1 Å². The third-order valence-corrected chi connectivity index (χ3v) is 6.28. The summed E-state index contributed by atoms with van der Waals surface area (Å²) in [6.07, 6.45) is 0. The first-order valence-corrected chi connectivity index (χ1v) is 13.3. The van der Waals surface area contributed by atoms with Crippen molar-refractivity contribution >= 4 is 49.4 Å². The molecule has 8 nitrogen and oxygen atoms in total. The summed E-state index contributed by atoms with van der Waals surface area (Å²) in [5.74, 6) is 1.04. The van der Waals surface area contributed by atoms with Gasteiger partial charge in [-0.1, -0.05) is 72.3 Å². The Morgan fingerprint density at radius 3 is 2.13 bits per heavy atom. The number of guanidine groups is 1. The van der Waals surface area contributed by atoms with Gasteiger partial charge in [-0.2, -0.15) is 8.42 Å². The number of nitrogens with two attached hydrogens (primary N) is 1. The number of aliphatic imine (C=N–C) groups is 1. The zero-order valence-electron chi connectivity index (χ0n) is 21.4. The lowest BCUT2D eigenvalue weighted by atomic mass is 10.1. The molecule has 0 atom stereocenters. The number of benzene rings is 4. The van der Waals surface area contributed by atoms with E-state index in [9.17, 15) is 8.42 Å². The molecule has 4 N–H and O–H groups in total. The lowest BCUT2D eigenvalue weighted by molar-refractivity contribution is 0.318. The van der Waals surface area contributed by atoms with Crippen molar-refractivity contribution in [1.82, 2.24) is 0 Å².